The van der Waals surface area contributed by atoms with Crippen LogP contribution >= 0.6 is 11.8 Å². The van der Waals surface area contributed by atoms with Crippen LogP contribution in [0.4, 0.5) is 0 Å². The lowest BCUT2D eigenvalue weighted by Gasteiger charge is -2.45. The minimum absolute atomic E-state index is 0.0564. The lowest BCUT2D eigenvalue weighted by molar-refractivity contribution is 0.0940. The van der Waals surface area contributed by atoms with Gasteiger partial charge in [-0.05, 0) is 46.7 Å². The van der Waals surface area contributed by atoms with Gasteiger partial charge in [0.05, 0.1) is 17.4 Å². The fourth-order valence-corrected chi connectivity index (χ4v) is 5.88. The first-order valence-electron chi connectivity index (χ1n) is 10.3. The molecule has 1 atom stereocenters. The summed E-state index contributed by atoms with van der Waals surface area (Å²) < 4.78 is 0. The van der Waals surface area contributed by atoms with E-state index < -0.39 is 0 Å². The largest absolute Gasteiger partial charge is 0.352 e. The van der Waals surface area contributed by atoms with Crippen molar-refractivity contribution in [2.24, 2.45) is 5.92 Å². The Hall–Kier alpha value is -3.03. The topological polar surface area (TPSA) is 52.9 Å². The molecule has 0 saturated carbocycles. The van der Waals surface area contributed by atoms with E-state index in [0.717, 1.165) is 11.3 Å². The van der Waals surface area contributed by atoms with Crippen molar-refractivity contribution in [2.45, 2.75) is 23.2 Å². The lowest BCUT2D eigenvalue weighted by Crippen LogP contribution is -2.39. The van der Waals surface area contributed by atoms with Gasteiger partial charge >= 0.3 is 0 Å². The van der Waals surface area contributed by atoms with Crippen LogP contribution < -0.4 is 5.32 Å². The summed E-state index contributed by atoms with van der Waals surface area (Å²) in [7, 11) is 0. The standard InChI is InChI=1S/C26H22N2OS/c27-13-14-30-24-12-6-5-11-22(24)26(29)28-16-17-15-23-18-7-1-3-9-20(18)25(17)21-10-4-2-8-19(21)23/h1-12,17,23,25H,14-16H2,(H,28,29). The molecular formula is C26H22N2OS. The Bertz CT molecular complexity index is 1100. The van der Waals surface area contributed by atoms with Gasteiger partial charge in [0, 0.05) is 23.3 Å². The zero-order valence-corrected chi connectivity index (χ0v) is 17.4. The van der Waals surface area contributed by atoms with Crippen LogP contribution in [0.15, 0.2) is 77.7 Å². The van der Waals surface area contributed by atoms with Crippen molar-refractivity contribution in [2.75, 3.05) is 12.3 Å². The number of fused-ring (bicyclic) bond motifs is 1. The SMILES string of the molecule is N#CCSc1ccccc1C(=O)NCC1CC2c3ccccc3C1c1ccccc12. The molecule has 3 aromatic rings. The van der Waals surface area contributed by atoms with Gasteiger partial charge in [0.1, 0.15) is 0 Å². The molecule has 0 aromatic heterocycles. The number of benzene rings is 3. The molecule has 0 fully saturated rings. The molecule has 0 heterocycles. The third-order valence-corrected chi connectivity index (χ3v) is 7.31. The summed E-state index contributed by atoms with van der Waals surface area (Å²) in [6, 6.07) is 27.2. The second-order valence-electron chi connectivity index (χ2n) is 7.94. The molecule has 4 heteroatoms. The van der Waals surface area contributed by atoms with Crippen molar-refractivity contribution in [1.82, 2.24) is 5.32 Å². The normalized spacial score (nSPS) is 20.7. The minimum atomic E-state index is -0.0564. The number of amides is 1. The summed E-state index contributed by atoms with van der Waals surface area (Å²) >= 11 is 1.41. The minimum Gasteiger partial charge on any atom is -0.352 e. The maximum Gasteiger partial charge on any atom is 0.252 e. The molecule has 148 valence electrons. The van der Waals surface area contributed by atoms with E-state index >= 15 is 0 Å². The molecule has 30 heavy (non-hydrogen) atoms. The molecule has 3 nitrogen and oxygen atoms in total. The number of nitrogens with one attached hydrogen (secondary N) is 1. The van der Waals surface area contributed by atoms with Crippen molar-refractivity contribution < 1.29 is 4.79 Å². The Labute approximate surface area is 181 Å². The lowest BCUT2D eigenvalue weighted by atomic mass is 9.59. The molecule has 0 spiro atoms. The second kappa shape index (κ2) is 8.01. The van der Waals surface area contributed by atoms with Crippen molar-refractivity contribution in [3.8, 4) is 6.07 Å². The second-order valence-corrected chi connectivity index (χ2v) is 8.95. The number of hydrogen-bond acceptors (Lipinski definition) is 3. The summed E-state index contributed by atoms with van der Waals surface area (Å²) in [6.07, 6.45) is 1.06. The highest BCUT2D eigenvalue weighted by molar-refractivity contribution is 7.99. The molecule has 3 aliphatic carbocycles. The van der Waals surface area contributed by atoms with E-state index in [2.05, 4.69) is 59.9 Å². The zero-order valence-electron chi connectivity index (χ0n) is 16.5. The Balaban J connectivity index is 1.39. The molecule has 1 unspecified atom stereocenters. The van der Waals surface area contributed by atoms with E-state index in [-0.39, 0.29) is 5.91 Å². The smallest absolute Gasteiger partial charge is 0.252 e. The molecule has 0 saturated heterocycles. The summed E-state index contributed by atoms with van der Waals surface area (Å²) in [5.41, 5.74) is 6.37. The zero-order chi connectivity index (χ0) is 20.5. The summed E-state index contributed by atoms with van der Waals surface area (Å²) in [4.78, 5) is 13.8. The first kappa shape index (κ1) is 19.0. The number of carbonyl (C=O) groups is 1. The summed E-state index contributed by atoms with van der Waals surface area (Å²) in [5, 5.41) is 12.1. The molecule has 0 radical (unpaired) electrons. The number of thioether (sulfide) groups is 1. The van der Waals surface area contributed by atoms with Crippen LogP contribution in [0.5, 0.6) is 0 Å². The highest BCUT2D eigenvalue weighted by Gasteiger charge is 2.42. The summed E-state index contributed by atoms with van der Waals surface area (Å²) in [6.45, 7) is 0.653. The van der Waals surface area contributed by atoms with Crippen molar-refractivity contribution in [3.63, 3.8) is 0 Å². The van der Waals surface area contributed by atoms with Crippen LogP contribution in [-0.2, 0) is 0 Å². The Morgan fingerprint density at radius 1 is 0.933 bits per heavy atom. The van der Waals surface area contributed by atoms with Crippen molar-refractivity contribution in [1.29, 1.82) is 5.26 Å². The molecule has 0 aliphatic heterocycles. The highest BCUT2D eigenvalue weighted by Crippen LogP contribution is 2.55. The van der Waals surface area contributed by atoms with Gasteiger partial charge in [-0.3, -0.25) is 4.79 Å². The first-order chi connectivity index (χ1) is 14.8. The highest BCUT2D eigenvalue weighted by atomic mass is 32.2. The van der Waals surface area contributed by atoms with Gasteiger partial charge < -0.3 is 5.32 Å². The average molecular weight is 411 g/mol. The predicted octanol–water partition coefficient (Wildman–Crippen LogP) is 5.33. The van der Waals surface area contributed by atoms with E-state index in [1.807, 2.05) is 24.3 Å². The van der Waals surface area contributed by atoms with Gasteiger partial charge in [-0.25, -0.2) is 0 Å². The van der Waals surface area contributed by atoms with E-state index in [9.17, 15) is 4.79 Å². The van der Waals surface area contributed by atoms with Gasteiger partial charge in [-0.2, -0.15) is 5.26 Å². The third-order valence-electron chi connectivity index (χ3n) is 6.37. The van der Waals surface area contributed by atoms with Crippen LogP contribution in [0.25, 0.3) is 0 Å². The molecule has 6 rings (SSSR count). The van der Waals surface area contributed by atoms with Crippen molar-refractivity contribution >= 4 is 17.7 Å². The van der Waals surface area contributed by atoms with Crippen LogP contribution in [0.3, 0.4) is 0 Å². The van der Waals surface area contributed by atoms with Crippen molar-refractivity contribution in [3.05, 3.63) is 101 Å². The van der Waals surface area contributed by atoms with E-state index in [1.54, 1.807) is 0 Å². The monoisotopic (exact) mass is 410 g/mol. The Morgan fingerprint density at radius 2 is 1.53 bits per heavy atom. The van der Waals surface area contributed by atoms with E-state index in [4.69, 9.17) is 5.26 Å². The maximum absolute atomic E-state index is 13.0. The number of carbonyl (C=O) groups excluding carboxylic acids is 1. The quantitative estimate of drug-likeness (QED) is 0.579. The number of nitrogens with zero attached hydrogens (tertiary/aromatic N) is 1. The van der Waals surface area contributed by atoms with Crippen LogP contribution in [0.1, 0.15) is 50.9 Å². The number of rotatable bonds is 5. The molecular weight excluding hydrogens is 388 g/mol. The first-order valence-corrected chi connectivity index (χ1v) is 11.3. The molecule has 3 aromatic carbocycles. The van der Waals surface area contributed by atoms with Gasteiger partial charge in [0.25, 0.3) is 5.91 Å². The van der Waals surface area contributed by atoms with E-state index in [1.165, 1.54) is 34.0 Å². The summed E-state index contributed by atoms with van der Waals surface area (Å²) in [5.74, 6) is 1.39. The average Bonchev–Trinajstić information content (AvgIpc) is 2.81. The molecule has 2 bridgehead atoms. The van der Waals surface area contributed by atoms with Gasteiger partial charge in [-0.15, -0.1) is 11.8 Å². The number of nitriles is 1. The predicted molar refractivity (Wildman–Crippen MR) is 120 cm³/mol. The Morgan fingerprint density at radius 3 is 2.20 bits per heavy atom. The fourth-order valence-electron chi connectivity index (χ4n) is 5.17. The van der Waals surface area contributed by atoms with Gasteiger partial charge in [0.15, 0.2) is 0 Å². The Kier molecular flexibility index (Phi) is 5.06. The van der Waals surface area contributed by atoms with Crippen LogP contribution in [0.2, 0.25) is 0 Å². The third kappa shape index (κ3) is 3.20. The number of hydrogen-bond donors (Lipinski definition) is 1. The van der Waals surface area contributed by atoms with Gasteiger partial charge in [-0.1, -0.05) is 60.7 Å². The maximum atomic E-state index is 13.0. The fraction of sp³-hybridized carbons (Fsp3) is 0.231. The van der Waals surface area contributed by atoms with Crippen LogP contribution in [0, 0.1) is 17.2 Å². The van der Waals surface area contributed by atoms with Crippen LogP contribution in [-0.4, -0.2) is 18.2 Å². The van der Waals surface area contributed by atoms with E-state index in [0.29, 0.717) is 35.6 Å². The molecule has 3 aliphatic rings. The van der Waals surface area contributed by atoms with Gasteiger partial charge in [0.2, 0.25) is 0 Å². The molecule has 1 amide bonds. The molecule has 1 N–H and O–H groups in total.